The quantitative estimate of drug-likeness (QED) is 0.410. The fraction of sp³-hybridized carbons (Fsp3) is 0. The molecule has 0 unspecified atom stereocenters. The molecule has 1 aromatic rings. The number of halogens is 4. The largest absolute Gasteiger partial charge is 0.324 e. The van der Waals surface area contributed by atoms with Crippen LogP contribution >= 0.6 is 12.4 Å². The molecule has 0 amide bonds. The second-order valence-electron chi connectivity index (χ2n) is 1.90. The maximum atomic E-state index is 12.3. The van der Waals surface area contributed by atoms with Crippen LogP contribution in [-0.2, 0) is 0 Å². The second kappa shape index (κ2) is 4.18. The zero-order chi connectivity index (χ0) is 8.43. The van der Waals surface area contributed by atoms with Crippen molar-refractivity contribution in [3.05, 3.63) is 29.6 Å². The van der Waals surface area contributed by atoms with Gasteiger partial charge in [0.25, 0.3) is 0 Å². The van der Waals surface area contributed by atoms with E-state index in [-0.39, 0.29) is 18.1 Å². The van der Waals surface area contributed by atoms with E-state index in [4.69, 9.17) is 5.84 Å². The van der Waals surface area contributed by atoms with E-state index in [1.54, 1.807) is 0 Å². The van der Waals surface area contributed by atoms with Gasteiger partial charge in [0, 0.05) is 12.1 Å². The van der Waals surface area contributed by atoms with Crippen molar-refractivity contribution in [2.24, 2.45) is 5.84 Å². The van der Waals surface area contributed by atoms with Gasteiger partial charge in [-0.1, -0.05) is 0 Å². The topological polar surface area (TPSA) is 38.0 Å². The van der Waals surface area contributed by atoms with Gasteiger partial charge in [-0.3, -0.25) is 5.84 Å². The van der Waals surface area contributed by atoms with E-state index in [0.717, 1.165) is 12.1 Å². The van der Waals surface area contributed by atoms with Gasteiger partial charge in [0.15, 0.2) is 17.5 Å². The molecule has 0 radical (unpaired) electrons. The van der Waals surface area contributed by atoms with Crippen molar-refractivity contribution in [1.82, 2.24) is 0 Å². The van der Waals surface area contributed by atoms with Crippen molar-refractivity contribution in [3.63, 3.8) is 0 Å². The van der Waals surface area contributed by atoms with Gasteiger partial charge in [-0.05, 0) is 0 Å². The maximum absolute atomic E-state index is 12.3. The van der Waals surface area contributed by atoms with Crippen molar-refractivity contribution < 1.29 is 13.2 Å². The smallest absolute Gasteiger partial charge is 0.194 e. The van der Waals surface area contributed by atoms with Crippen molar-refractivity contribution >= 4 is 18.1 Å². The molecule has 0 aliphatic heterocycles. The van der Waals surface area contributed by atoms with Gasteiger partial charge in [-0.2, -0.15) is 0 Å². The predicted octanol–water partition coefficient (Wildman–Crippen LogP) is 1.81. The van der Waals surface area contributed by atoms with Gasteiger partial charge in [0.1, 0.15) is 0 Å². The average molecular weight is 199 g/mol. The number of hydrogen-bond donors (Lipinski definition) is 2. The zero-order valence-electron chi connectivity index (χ0n) is 5.77. The minimum atomic E-state index is -1.50. The molecule has 0 atom stereocenters. The van der Waals surface area contributed by atoms with Crippen LogP contribution in [-0.4, -0.2) is 0 Å². The Morgan fingerprint density at radius 1 is 1.08 bits per heavy atom. The Balaban J connectivity index is 0.00000121. The molecule has 12 heavy (non-hydrogen) atoms. The van der Waals surface area contributed by atoms with Crippen LogP contribution < -0.4 is 11.3 Å². The summed E-state index contributed by atoms with van der Waals surface area (Å²) in [5.74, 6) is 0.804. The van der Waals surface area contributed by atoms with Crippen LogP contribution in [0.15, 0.2) is 12.1 Å². The van der Waals surface area contributed by atoms with Crippen LogP contribution in [0.4, 0.5) is 18.9 Å². The third-order valence-corrected chi connectivity index (χ3v) is 1.15. The first-order valence-corrected chi connectivity index (χ1v) is 2.76. The summed E-state index contributed by atoms with van der Waals surface area (Å²) >= 11 is 0. The van der Waals surface area contributed by atoms with E-state index in [1.807, 2.05) is 5.43 Å². The van der Waals surface area contributed by atoms with E-state index < -0.39 is 17.5 Å². The number of nitrogens with one attached hydrogen (secondary N) is 1. The molecule has 0 spiro atoms. The molecule has 0 heterocycles. The Morgan fingerprint density at radius 2 is 1.50 bits per heavy atom. The lowest BCUT2D eigenvalue weighted by Crippen LogP contribution is -2.08. The maximum Gasteiger partial charge on any atom is 0.194 e. The standard InChI is InChI=1S/C6H5F3N2.ClH/c7-4-1-3(11-10)2-5(8)6(4)9;/h1-2,11H,10H2;1H. The first-order chi connectivity index (χ1) is 5.15. The number of benzene rings is 1. The lowest BCUT2D eigenvalue weighted by molar-refractivity contribution is 0.448. The normalized spacial score (nSPS) is 9.00. The summed E-state index contributed by atoms with van der Waals surface area (Å²) in [7, 11) is 0. The molecule has 0 bridgehead atoms. The fourth-order valence-electron chi connectivity index (χ4n) is 0.639. The van der Waals surface area contributed by atoms with Crippen LogP contribution in [0.3, 0.4) is 0 Å². The molecule has 1 aromatic carbocycles. The van der Waals surface area contributed by atoms with E-state index in [0.29, 0.717) is 0 Å². The highest BCUT2D eigenvalue weighted by atomic mass is 35.5. The van der Waals surface area contributed by atoms with E-state index >= 15 is 0 Å². The van der Waals surface area contributed by atoms with Crippen LogP contribution in [0.2, 0.25) is 0 Å². The molecular formula is C6H6ClF3N2. The van der Waals surface area contributed by atoms with Crippen LogP contribution in [0.5, 0.6) is 0 Å². The van der Waals surface area contributed by atoms with Crippen LogP contribution in [0, 0.1) is 17.5 Å². The summed E-state index contributed by atoms with van der Waals surface area (Å²) in [6.07, 6.45) is 0. The molecule has 0 saturated heterocycles. The van der Waals surface area contributed by atoms with Crippen molar-refractivity contribution in [1.29, 1.82) is 0 Å². The summed E-state index contributed by atoms with van der Waals surface area (Å²) in [6, 6.07) is 1.52. The zero-order valence-corrected chi connectivity index (χ0v) is 6.59. The number of anilines is 1. The van der Waals surface area contributed by atoms with Gasteiger partial charge >= 0.3 is 0 Å². The molecule has 0 saturated carbocycles. The van der Waals surface area contributed by atoms with Crippen LogP contribution in [0.25, 0.3) is 0 Å². The molecule has 0 aliphatic carbocycles. The number of nitrogens with two attached hydrogens (primary N) is 1. The summed E-state index contributed by atoms with van der Waals surface area (Å²) < 4.78 is 36.9. The lowest BCUT2D eigenvalue weighted by atomic mass is 10.3. The minimum Gasteiger partial charge on any atom is -0.324 e. The van der Waals surface area contributed by atoms with E-state index in [2.05, 4.69) is 0 Å². The van der Waals surface area contributed by atoms with Crippen molar-refractivity contribution in [3.8, 4) is 0 Å². The summed E-state index contributed by atoms with van der Waals surface area (Å²) in [5.41, 5.74) is 1.98. The first kappa shape index (κ1) is 11.1. The van der Waals surface area contributed by atoms with Crippen molar-refractivity contribution in [2.75, 3.05) is 5.43 Å². The highest BCUT2D eigenvalue weighted by Crippen LogP contribution is 2.15. The number of hydrazine groups is 1. The van der Waals surface area contributed by atoms with Crippen molar-refractivity contribution in [2.45, 2.75) is 0 Å². The number of nitrogen functional groups attached to an aromatic ring is 1. The molecule has 6 heteroatoms. The van der Waals surface area contributed by atoms with Gasteiger partial charge < -0.3 is 5.43 Å². The first-order valence-electron chi connectivity index (χ1n) is 2.76. The minimum absolute atomic E-state index is 0. The molecular weight excluding hydrogens is 193 g/mol. The summed E-state index contributed by atoms with van der Waals surface area (Å²) in [6.45, 7) is 0. The fourth-order valence-corrected chi connectivity index (χ4v) is 0.639. The Kier molecular flexibility index (Phi) is 3.85. The highest BCUT2D eigenvalue weighted by molar-refractivity contribution is 5.85. The average Bonchev–Trinajstić information content (AvgIpc) is 1.99. The van der Waals surface area contributed by atoms with Gasteiger partial charge in [0.2, 0.25) is 0 Å². The molecule has 68 valence electrons. The van der Waals surface area contributed by atoms with E-state index in [1.165, 1.54) is 0 Å². The molecule has 3 N–H and O–H groups in total. The Morgan fingerprint density at radius 3 is 1.83 bits per heavy atom. The van der Waals surface area contributed by atoms with Gasteiger partial charge in [-0.15, -0.1) is 12.4 Å². The Labute approximate surface area is 72.9 Å². The molecule has 1 rings (SSSR count). The van der Waals surface area contributed by atoms with Crippen LogP contribution in [0.1, 0.15) is 0 Å². The summed E-state index contributed by atoms with van der Waals surface area (Å²) in [4.78, 5) is 0. The Bertz CT molecular complexity index is 256. The SMILES string of the molecule is Cl.NNc1cc(F)c(F)c(F)c1. The molecule has 0 fully saturated rings. The second-order valence-corrected chi connectivity index (χ2v) is 1.90. The molecule has 2 nitrogen and oxygen atoms in total. The third-order valence-electron chi connectivity index (χ3n) is 1.15. The van der Waals surface area contributed by atoms with Gasteiger partial charge in [-0.25, -0.2) is 13.2 Å². The van der Waals surface area contributed by atoms with E-state index in [9.17, 15) is 13.2 Å². The number of rotatable bonds is 1. The van der Waals surface area contributed by atoms with Gasteiger partial charge in [0.05, 0.1) is 5.69 Å². The Hall–Kier alpha value is -0.940. The summed E-state index contributed by atoms with van der Waals surface area (Å²) in [5, 5.41) is 0. The third kappa shape index (κ3) is 2.02. The molecule has 0 aliphatic rings. The molecule has 0 aromatic heterocycles. The number of hydrogen-bond acceptors (Lipinski definition) is 2. The lowest BCUT2D eigenvalue weighted by Gasteiger charge is -2.00. The monoisotopic (exact) mass is 198 g/mol. The predicted molar refractivity (Wildman–Crippen MR) is 41.4 cm³/mol. The highest BCUT2D eigenvalue weighted by Gasteiger charge is 2.09.